The van der Waals surface area contributed by atoms with Crippen LogP contribution in [0.4, 0.5) is 0 Å². The fourth-order valence-corrected chi connectivity index (χ4v) is 2.38. The van der Waals surface area contributed by atoms with E-state index in [0.29, 0.717) is 0 Å². The molecule has 17 heavy (non-hydrogen) atoms. The van der Waals surface area contributed by atoms with E-state index in [1.807, 2.05) is 25.1 Å². The van der Waals surface area contributed by atoms with E-state index in [-0.39, 0.29) is 0 Å². The highest BCUT2D eigenvalue weighted by atomic mass is 32.1. The number of hydrogen-bond donors (Lipinski definition) is 1. The average molecular weight is 248 g/mol. The van der Waals surface area contributed by atoms with E-state index in [0.717, 1.165) is 29.5 Å². The number of para-hydroxylation sites is 1. The Kier molecular flexibility index (Phi) is 4.12. The van der Waals surface area contributed by atoms with Crippen LogP contribution in [-0.2, 0) is 13.1 Å². The van der Waals surface area contributed by atoms with Crippen molar-refractivity contribution in [1.29, 1.82) is 0 Å². The van der Waals surface area contributed by atoms with Crippen molar-refractivity contribution in [3.05, 3.63) is 45.9 Å². The first-order chi connectivity index (χ1) is 8.29. The van der Waals surface area contributed by atoms with Gasteiger partial charge in [0.05, 0.1) is 7.11 Å². The maximum Gasteiger partial charge on any atom is 0.123 e. The lowest BCUT2D eigenvalue weighted by Crippen LogP contribution is -2.13. The van der Waals surface area contributed by atoms with Crippen molar-refractivity contribution < 1.29 is 4.74 Å². The molecule has 1 heterocycles. The van der Waals surface area contributed by atoms with Gasteiger partial charge in [-0.2, -0.15) is 0 Å². The molecule has 3 nitrogen and oxygen atoms in total. The van der Waals surface area contributed by atoms with Crippen molar-refractivity contribution in [2.45, 2.75) is 20.0 Å². The molecule has 4 heteroatoms. The summed E-state index contributed by atoms with van der Waals surface area (Å²) in [6, 6.07) is 8.04. The van der Waals surface area contributed by atoms with Crippen LogP contribution in [0.5, 0.6) is 5.75 Å². The van der Waals surface area contributed by atoms with Crippen molar-refractivity contribution in [1.82, 2.24) is 10.3 Å². The van der Waals surface area contributed by atoms with Crippen LogP contribution in [0.3, 0.4) is 0 Å². The van der Waals surface area contributed by atoms with Gasteiger partial charge in [-0.3, -0.25) is 0 Å². The largest absolute Gasteiger partial charge is 0.496 e. The first-order valence-electron chi connectivity index (χ1n) is 5.53. The summed E-state index contributed by atoms with van der Waals surface area (Å²) < 4.78 is 5.30. The number of methoxy groups -OCH3 is 1. The number of thiazole rings is 1. The average Bonchev–Trinajstić information content (AvgIpc) is 2.76. The fourth-order valence-electron chi connectivity index (χ4n) is 1.64. The molecule has 0 bridgehead atoms. The molecule has 0 aliphatic rings. The number of nitrogens with zero attached hydrogens (tertiary/aromatic N) is 1. The number of ether oxygens (including phenoxy) is 1. The highest BCUT2D eigenvalue weighted by Gasteiger charge is 2.02. The quantitative estimate of drug-likeness (QED) is 0.883. The second-order valence-corrected chi connectivity index (χ2v) is 4.74. The van der Waals surface area contributed by atoms with Crippen LogP contribution in [0.1, 0.15) is 16.3 Å². The van der Waals surface area contributed by atoms with E-state index in [1.54, 1.807) is 18.4 Å². The monoisotopic (exact) mass is 248 g/mol. The topological polar surface area (TPSA) is 34.1 Å². The number of aromatic nitrogens is 1. The SMILES string of the molecule is COc1ccccc1CNCc1nc(C)cs1. The van der Waals surface area contributed by atoms with Gasteiger partial charge in [-0.05, 0) is 13.0 Å². The Morgan fingerprint density at radius 2 is 2.12 bits per heavy atom. The summed E-state index contributed by atoms with van der Waals surface area (Å²) >= 11 is 1.69. The second-order valence-electron chi connectivity index (χ2n) is 3.80. The third kappa shape index (κ3) is 3.28. The predicted molar refractivity (Wildman–Crippen MR) is 70.4 cm³/mol. The Hall–Kier alpha value is -1.39. The molecule has 0 fully saturated rings. The minimum absolute atomic E-state index is 0.794. The van der Waals surface area contributed by atoms with Gasteiger partial charge >= 0.3 is 0 Å². The van der Waals surface area contributed by atoms with Crippen LogP contribution < -0.4 is 10.1 Å². The number of aryl methyl sites for hydroxylation is 1. The molecule has 0 atom stereocenters. The number of rotatable bonds is 5. The highest BCUT2D eigenvalue weighted by Crippen LogP contribution is 2.17. The molecule has 1 aromatic heterocycles. The number of nitrogens with one attached hydrogen (secondary N) is 1. The first kappa shape index (κ1) is 12.1. The summed E-state index contributed by atoms with van der Waals surface area (Å²) in [6.07, 6.45) is 0. The van der Waals surface area contributed by atoms with Crippen molar-refractivity contribution in [2.24, 2.45) is 0 Å². The number of hydrogen-bond acceptors (Lipinski definition) is 4. The highest BCUT2D eigenvalue weighted by molar-refractivity contribution is 7.09. The molecule has 0 radical (unpaired) electrons. The lowest BCUT2D eigenvalue weighted by molar-refractivity contribution is 0.407. The summed E-state index contributed by atoms with van der Waals surface area (Å²) in [5.74, 6) is 0.926. The van der Waals surface area contributed by atoms with Gasteiger partial charge in [0.2, 0.25) is 0 Å². The first-order valence-corrected chi connectivity index (χ1v) is 6.41. The Morgan fingerprint density at radius 3 is 2.82 bits per heavy atom. The maximum atomic E-state index is 5.30. The summed E-state index contributed by atoms with van der Waals surface area (Å²) in [7, 11) is 1.70. The van der Waals surface area contributed by atoms with E-state index in [4.69, 9.17) is 4.74 Å². The van der Waals surface area contributed by atoms with Gasteiger partial charge in [-0.15, -0.1) is 11.3 Å². The molecular weight excluding hydrogens is 232 g/mol. The van der Waals surface area contributed by atoms with Crippen LogP contribution in [0, 0.1) is 6.92 Å². The molecule has 1 aromatic carbocycles. The molecule has 0 aliphatic carbocycles. The summed E-state index contributed by atoms with van der Waals surface area (Å²) in [6.45, 7) is 3.61. The molecule has 0 amide bonds. The molecule has 0 unspecified atom stereocenters. The molecule has 0 saturated heterocycles. The molecular formula is C13H16N2OS. The van der Waals surface area contributed by atoms with E-state index < -0.39 is 0 Å². The maximum absolute atomic E-state index is 5.30. The van der Waals surface area contributed by atoms with Gasteiger partial charge in [0.25, 0.3) is 0 Å². The predicted octanol–water partition coefficient (Wildman–Crippen LogP) is 2.75. The van der Waals surface area contributed by atoms with Crippen LogP contribution in [0.15, 0.2) is 29.6 Å². The second kappa shape index (κ2) is 5.80. The van der Waals surface area contributed by atoms with E-state index >= 15 is 0 Å². The summed E-state index contributed by atoms with van der Waals surface area (Å²) in [4.78, 5) is 4.41. The van der Waals surface area contributed by atoms with Crippen molar-refractivity contribution in [3.63, 3.8) is 0 Å². The number of benzene rings is 1. The van der Waals surface area contributed by atoms with Gasteiger partial charge in [0.15, 0.2) is 0 Å². The Bertz CT molecular complexity index is 482. The van der Waals surface area contributed by atoms with Crippen LogP contribution in [-0.4, -0.2) is 12.1 Å². The fraction of sp³-hybridized carbons (Fsp3) is 0.308. The Labute approximate surface area is 105 Å². The van der Waals surface area contributed by atoms with Gasteiger partial charge in [0.1, 0.15) is 10.8 Å². The molecule has 0 saturated carbocycles. The summed E-state index contributed by atoms with van der Waals surface area (Å²) in [5.41, 5.74) is 2.26. The molecule has 0 aliphatic heterocycles. The minimum Gasteiger partial charge on any atom is -0.496 e. The summed E-state index contributed by atoms with van der Waals surface area (Å²) in [5, 5.41) is 6.57. The van der Waals surface area contributed by atoms with Crippen molar-refractivity contribution in [3.8, 4) is 5.75 Å². The van der Waals surface area contributed by atoms with Gasteiger partial charge < -0.3 is 10.1 Å². The minimum atomic E-state index is 0.794. The van der Waals surface area contributed by atoms with E-state index in [2.05, 4.69) is 21.7 Å². The van der Waals surface area contributed by atoms with Crippen molar-refractivity contribution >= 4 is 11.3 Å². The molecule has 2 rings (SSSR count). The lowest BCUT2D eigenvalue weighted by atomic mass is 10.2. The smallest absolute Gasteiger partial charge is 0.123 e. The molecule has 1 N–H and O–H groups in total. The van der Waals surface area contributed by atoms with Crippen molar-refractivity contribution in [2.75, 3.05) is 7.11 Å². The zero-order valence-corrected chi connectivity index (χ0v) is 10.9. The van der Waals surface area contributed by atoms with Gasteiger partial charge in [-0.1, -0.05) is 18.2 Å². The van der Waals surface area contributed by atoms with Gasteiger partial charge in [-0.25, -0.2) is 4.98 Å². The van der Waals surface area contributed by atoms with Crippen LogP contribution >= 0.6 is 11.3 Å². The lowest BCUT2D eigenvalue weighted by Gasteiger charge is -2.08. The van der Waals surface area contributed by atoms with Gasteiger partial charge in [0, 0.05) is 29.7 Å². The molecule has 2 aromatic rings. The zero-order valence-electron chi connectivity index (χ0n) is 10.1. The normalized spacial score (nSPS) is 10.5. The Balaban J connectivity index is 1.89. The molecule has 0 spiro atoms. The third-order valence-corrected chi connectivity index (χ3v) is 3.42. The van der Waals surface area contributed by atoms with E-state index in [1.165, 1.54) is 5.56 Å². The molecule has 90 valence electrons. The standard InChI is InChI=1S/C13H16N2OS/c1-10-9-17-13(15-10)8-14-7-11-5-3-4-6-12(11)16-2/h3-6,9,14H,7-8H2,1-2H3. The van der Waals surface area contributed by atoms with Crippen LogP contribution in [0.2, 0.25) is 0 Å². The third-order valence-electron chi connectivity index (χ3n) is 2.45. The Morgan fingerprint density at radius 1 is 1.29 bits per heavy atom. The van der Waals surface area contributed by atoms with Crippen LogP contribution in [0.25, 0.3) is 0 Å². The zero-order chi connectivity index (χ0) is 12.1. The van der Waals surface area contributed by atoms with E-state index in [9.17, 15) is 0 Å².